The third-order valence-corrected chi connectivity index (χ3v) is 4.77. The van der Waals surface area contributed by atoms with Gasteiger partial charge in [-0.05, 0) is 24.5 Å². The Balaban J connectivity index is 2.03. The van der Waals surface area contributed by atoms with E-state index in [0.29, 0.717) is 17.6 Å². The molecule has 0 unspecified atom stereocenters. The molecule has 3 aromatic rings. The summed E-state index contributed by atoms with van der Waals surface area (Å²) in [6.45, 7) is 6.38. The maximum atomic E-state index is 13.2. The van der Waals surface area contributed by atoms with Gasteiger partial charge in [-0.1, -0.05) is 44.5 Å². The Kier molecular flexibility index (Phi) is 6.34. The molecule has 1 amide bonds. The van der Waals surface area contributed by atoms with Crippen LogP contribution in [0.3, 0.4) is 0 Å². The van der Waals surface area contributed by atoms with Gasteiger partial charge in [0.25, 0.3) is 5.56 Å². The number of nitrogen functional groups attached to an aromatic ring is 1. The van der Waals surface area contributed by atoms with Gasteiger partial charge in [-0.3, -0.25) is 19.1 Å². The summed E-state index contributed by atoms with van der Waals surface area (Å²) >= 11 is 0. The monoisotopic (exact) mass is 413 g/mol. The first-order valence-electron chi connectivity index (χ1n) is 10.0. The summed E-state index contributed by atoms with van der Waals surface area (Å²) in [4.78, 5) is 41.8. The number of aromatic amines is 1. The van der Waals surface area contributed by atoms with Crippen LogP contribution in [-0.2, 0) is 17.9 Å². The van der Waals surface area contributed by atoms with E-state index in [1.165, 1.54) is 14.1 Å². The largest absolute Gasteiger partial charge is 0.383 e. The van der Waals surface area contributed by atoms with E-state index in [9.17, 15) is 14.4 Å². The van der Waals surface area contributed by atoms with E-state index in [1.807, 2.05) is 45.0 Å². The minimum absolute atomic E-state index is 0.00496. The molecule has 30 heavy (non-hydrogen) atoms. The number of aromatic nitrogens is 5. The van der Waals surface area contributed by atoms with Gasteiger partial charge in [0, 0.05) is 13.1 Å². The lowest BCUT2D eigenvalue weighted by atomic mass is 10.2. The number of carbonyl (C=O) groups is 1. The average molecular weight is 413 g/mol. The third-order valence-electron chi connectivity index (χ3n) is 4.77. The number of amides is 1. The molecule has 10 nitrogen and oxygen atoms in total. The molecule has 0 saturated carbocycles. The number of rotatable bonds is 8. The van der Waals surface area contributed by atoms with E-state index in [2.05, 4.69) is 15.3 Å². The minimum atomic E-state index is -0.678. The first kappa shape index (κ1) is 21.3. The smallest absolute Gasteiger partial charge is 0.330 e. The maximum absolute atomic E-state index is 13.2. The van der Waals surface area contributed by atoms with Crippen molar-refractivity contribution in [3.8, 4) is 0 Å². The summed E-state index contributed by atoms with van der Waals surface area (Å²) in [6, 6.07) is 7.31. The van der Waals surface area contributed by atoms with Crippen LogP contribution < -0.4 is 21.9 Å². The van der Waals surface area contributed by atoms with Crippen LogP contribution in [0.15, 0.2) is 33.9 Å². The molecule has 2 aromatic heterocycles. The summed E-state index contributed by atoms with van der Waals surface area (Å²) < 4.78 is 2.80. The Labute approximate surface area is 173 Å². The summed E-state index contributed by atoms with van der Waals surface area (Å²) in [6.07, 6.45) is 1.58. The number of hydrogen-bond acceptors (Lipinski definition) is 6. The van der Waals surface area contributed by atoms with Gasteiger partial charge in [0.1, 0.15) is 17.9 Å². The van der Waals surface area contributed by atoms with Crippen LogP contribution in [-0.4, -0.2) is 37.0 Å². The summed E-state index contributed by atoms with van der Waals surface area (Å²) in [7, 11) is 0. The minimum Gasteiger partial charge on any atom is -0.383 e. The Bertz CT molecular complexity index is 1160. The van der Waals surface area contributed by atoms with Gasteiger partial charge in [0.2, 0.25) is 5.91 Å². The van der Waals surface area contributed by atoms with E-state index in [4.69, 9.17) is 5.73 Å². The normalized spacial score (nSPS) is 11.3. The van der Waals surface area contributed by atoms with Gasteiger partial charge >= 0.3 is 5.69 Å². The molecule has 0 spiro atoms. The Morgan fingerprint density at radius 3 is 2.70 bits per heavy atom. The Morgan fingerprint density at radius 2 is 2.00 bits per heavy atom. The number of H-pyrrole nitrogens is 1. The number of benzene rings is 1. The van der Waals surface area contributed by atoms with E-state index in [-0.39, 0.29) is 36.4 Å². The second-order valence-corrected chi connectivity index (χ2v) is 7.63. The van der Waals surface area contributed by atoms with Gasteiger partial charge in [0.05, 0.1) is 5.52 Å². The van der Waals surface area contributed by atoms with Gasteiger partial charge in [-0.2, -0.15) is 0 Å². The molecule has 3 N–H and O–H groups in total. The number of anilines is 2. The molecule has 0 atom stereocenters. The van der Waals surface area contributed by atoms with Crippen LogP contribution in [0.5, 0.6) is 0 Å². The van der Waals surface area contributed by atoms with Crippen molar-refractivity contribution in [3.05, 3.63) is 45.1 Å². The Hall–Kier alpha value is -3.43. The first-order valence-corrected chi connectivity index (χ1v) is 10.0. The predicted molar refractivity (Wildman–Crippen MR) is 115 cm³/mol. The van der Waals surface area contributed by atoms with Crippen molar-refractivity contribution in [2.24, 2.45) is 5.92 Å². The van der Waals surface area contributed by atoms with Gasteiger partial charge in [-0.25, -0.2) is 9.48 Å². The highest BCUT2D eigenvalue weighted by Crippen LogP contribution is 2.20. The fourth-order valence-corrected chi connectivity index (χ4v) is 3.31. The molecule has 0 radical (unpaired) electrons. The standard InChI is InChI=1S/C20H27N7O3/c1-4-5-10-25-18(21)17(19(29)22-20(25)30)26(11-13(2)3)16(28)12-27-15-9-7-6-8-14(15)23-24-27/h6-9,13H,4-5,10-12,21H2,1-3H3,(H,22,29,30). The third kappa shape index (κ3) is 4.27. The fraction of sp³-hybridized carbons (Fsp3) is 0.450. The van der Waals surface area contributed by atoms with Crippen molar-refractivity contribution in [3.63, 3.8) is 0 Å². The summed E-state index contributed by atoms with van der Waals surface area (Å²) in [5.41, 5.74) is 6.35. The lowest BCUT2D eigenvalue weighted by Gasteiger charge is -2.26. The van der Waals surface area contributed by atoms with Gasteiger partial charge < -0.3 is 10.6 Å². The van der Waals surface area contributed by atoms with Crippen molar-refractivity contribution in [1.29, 1.82) is 0 Å². The highest BCUT2D eigenvalue weighted by Gasteiger charge is 2.25. The highest BCUT2D eigenvalue weighted by molar-refractivity contribution is 5.96. The predicted octanol–water partition coefficient (Wildman–Crippen LogP) is 1.35. The van der Waals surface area contributed by atoms with Crippen LogP contribution in [0.4, 0.5) is 11.5 Å². The molecular formula is C20H27N7O3. The number of hydrogen-bond donors (Lipinski definition) is 2. The molecule has 3 rings (SSSR count). The molecular weight excluding hydrogens is 386 g/mol. The second kappa shape index (κ2) is 8.93. The lowest BCUT2D eigenvalue weighted by Crippen LogP contribution is -2.44. The van der Waals surface area contributed by atoms with Crippen LogP contribution in [0, 0.1) is 5.92 Å². The number of nitrogens with two attached hydrogens (primary N) is 1. The second-order valence-electron chi connectivity index (χ2n) is 7.63. The van der Waals surface area contributed by atoms with Crippen LogP contribution >= 0.6 is 0 Å². The topological polar surface area (TPSA) is 132 Å². The zero-order valence-electron chi connectivity index (χ0n) is 17.5. The molecule has 0 aliphatic heterocycles. The van der Waals surface area contributed by atoms with Crippen molar-refractivity contribution in [2.45, 2.75) is 46.7 Å². The van der Waals surface area contributed by atoms with E-state index in [1.54, 1.807) is 0 Å². The molecule has 0 saturated heterocycles. The molecule has 0 bridgehead atoms. The van der Waals surface area contributed by atoms with E-state index in [0.717, 1.165) is 12.8 Å². The van der Waals surface area contributed by atoms with Crippen LogP contribution in [0.1, 0.15) is 33.6 Å². The van der Waals surface area contributed by atoms with Crippen molar-refractivity contribution in [1.82, 2.24) is 24.5 Å². The first-order chi connectivity index (χ1) is 14.3. The maximum Gasteiger partial charge on any atom is 0.330 e. The number of para-hydroxylation sites is 1. The molecule has 0 aliphatic rings. The van der Waals surface area contributed by atoms with E-state index < -0.39 is 11.2 Å². The van der Waals surface area contributed by atoms with Crippen LogP contribution in [0.2, 0.25) is 0 Å². The Morgan fingerprint density at radius 1 is 1.27 bits per heavy atom. The van der Waals surface area contributed by atoms with Crippen molar-refractivity contribution < 1.29 is 4.79 Å². The summed E-state index contributed by atoms with van der Waals surface area (Å²) in [5.74, 6) is -0.303. The number of carbonyl (C=O) groups excluding carboxylic acids is 1. The number of nitrogens with one attached hydrogen (secondary N) is 1. The van der Waals surface area contributed by atoms with Crippen molar-refractivity contribution in [2.75, 3.05) is 17.2 Å². The molecule has 160 valence electrons. The quantitative estimate of drug-likeness (QED) is 0.573. The van der Waals surface area contributed by atoms with Gasteiger partial charge in [-0.15, -0.1) is 5.10 Å². The van der Waals surface area contributed by atoms with Crippen molar-refractivity contribution >= 4 is 28.4 Å². The molecule has 1 aromatic carbocycles. The number of fused-ring (bicyclic) bond motifs is 1. The SMILES string of the molecule is CCCCn1c(N)c(N(CC(C)C)C(=O)Cn2nnc3ccccc32)c(=O)[nH]c1=O. The zero-order valence-corrected chi connectivity index (χ0v) is 17.5. The molecule has 0 aliphatic carbocycles. The van der Waals surface area contributed by atoms with Gasteiger partial charge in [0.15, 0.2) is 5.69 Å². The zero-order chi connectivity index (χ0) is 21.8. The van der Waals surface area contributed by atoms with Crippen LogP contribution in [0.25, 0.3) is 11.0 Å². The molecule has 0 fully saturated rings. The molecule has 2 heterocycles. The number of nitrogens with zero attached hydrogens (tertiary/aromatic N) is 5. The fourth-order valence-electron chi connectivity index (χ4n) is 3.31. The number of unbranched alkanes of at least 4 members (excludes halogenated alkanes) is 1. The van der Waals surface area contributed by atoms with E-state index >= 15 is 0 Å². The molecule has 10 heteroatoms. The lowest BCUT2D eigenvalue weighted by molar-refractivity contribution is -0.119. The summed E-state index contributed by atoms with van der Waals surface area (Å²) in [5, 5.41) is 8.12. The average Bonchev–Trinajstić information content (AvgIpc) is 3.09. The highest BCUT2D eigenvalue weighted by atomic mass is 16.2.